The molecule has 1 heterocycles. The number of benzene rings is 3. The lowest BCUT2D eigenvalue weighted by molar-refractivity contribution is 0.102. The van der Waals surface area contributed by atoms with Gasteiger partial charge in [-0.05, 0) is 24.3 Å². The summed E-state index contributed by atoms with van der Waals surface area (Å²) < 4.78 is 6.04. The zero-order valence-corrected chi connectivity index (χ0v) is 16.4. The summed E-state index contributed by atoms with van der Waals surface area (Å²) in [6.07, 6.45) is 0. The molecular weight excluding hydrogens is 390 g/mol. The fraction of sp³-hybridized carbons (Fsp3) is 0.0435. The molecule has 4 aromatic rings. The van der Waals surface area contributed by atoms with Gasteiger partial charge in [0.05, 0.1) is 5.75 Å². The van der Waals surface area contributed by atoms with Crippen LogP contribution in [0.1, 0.15) is 10.4 Å². The van der Waals surface area contributed by atoms with Gasteiger partial charge >= 0.3 is 0 Å². The molecule has 3 nitrogen and oxygen atoms in total. The molecule has 0 aliphatic rings. The first-order chi connectivity index (χ1) is 13.7. The smallest absolute Gasteiger partial charge is 0.257 e. The number of nitrogens with zero attached hydrogens (tertiary/aromatic N) is 1. The molecule has 0 bridgehead atoms. The van der Waals surface area contributed by atoms with Gasteiger partial charge in [0.1, 0.15) is 5.69 Å². The maximum absolute atomic E-state index is 12.4. The Morgan fingerprint density at radius 2 is 1.46 bits per heavy atom. The van der Waals surface area contributed by atoms with Gasteiger partial charge in [-0.15, -0.1) is 0 Å². The highest BCUT2D eigenvalue weighted by Gasteiger charge is 2.18. The first kappa shape index (κ1) is 18.5. The van der Waals surface area contributed by atoms with E-state index in [9.17, 15) is 4.79 Å². The van der Waals surface area contributed by atoms with Gasteiger partial charge < -0.3 is 4.42 Å². The summed E-state index contributed by atoms with van der Waals surface area (Å²) in [5, 5.41) is 1.08. The lowest BCUT2D eigenvalue weighted by Gasteiger charge is -2.00. The van der Waals surface area contributed by atoms with E-state index in [2.05, 4.69) is 4.98 Å². The fourth-order valence-electron chi connectivity index (χ4n) is 2.79. The van der Waals surface area contributed by atoms with E-state index in [-0.39, 0.29) is 11.5 Å². The molecule has 138 valence electrons. The summed E-state index contributed by atoms with van der Waals surface area (Å²) >= 11 is 7.18. The number of hydrogen-bond acceptors (Lipinski definition) is 4. The normalized spacial score (nSPS) is 10.8. The van der Waals surface area contributed by atoms with E-state index >= 15 is 0 Å². The van der Waals surface area contributed by atoms with Crippen molar-refractivity contribution in [1.82, 2.24) is 4.98 Å². The number of Topliss-reactive ketones (excluding diaryl/α,β-unsaturated/α-hetero) is 1. The van der Waals surface area contributed by atoms with Crippen molar-refractivity contribution in [3.63, 3.8) is 0 Å². The van der Waals surface area contributed by atoms with E-state index in [4.69, 9.17) is 16.0 Å². The third kappa shape index (κ3) is 4.19. The van der Waals surface area contributed by atoms with Gasteiger partial charge in [0.25, 0.3) is 5.22 Å². The molecule has 3 aromatic carbocycles. The Bertz CT molecular complexity index is 1020. The van der Waals surface area contributed by atoms with Crippen molar-refractivity contribution in [1.29, 1.82) is 0 Å². The van der Waals surface area contributed by atoms with Crippen molar-refractivity contribution in [3.8, 4) is 22.6 Å². The minimum Gasteiger partial charge on any atom is -0.431 e. The predicted molar refractivity (Wildman–Crippen MR) is 114 cm³/mol. The molecule has 0 spiro atoms. The fourth-order valence-corrected chi connectivity index (χ4v) is 3.63. The Morgan fingerprint density at radius 1 is 0.857 bits per heavy atom. The van der Waals surface area contributed by atoms with Gasteiger partial charge in [0.15, 0.2) is 11.5 Å². The summed E-state index contributed by atoms with van der Waals surface area (Å²) in [5.41, 5.74) is 3.31. The number of halogens is 1. The van der Waals surface area contributed by atoms with Gasteiger partial charge in [0.2, 0.25) is 0 Å². The Kier molecular flexibility index (Phi) is 5.60. The Labute approximate surface area is 172 Å². The van der Waals surface area contributed by atoms with Crippen LogP contribution in [0.4, 0.5) is 0 Å². The topological polar surface area (TPSA) is 43.1 Å². The lowest BCUT2D eigenvalue weighted by Crippen LogP contribution is -2.01. The maximum atomic E-state index is 12.4. The summed E-state index contributed by atoms with van der Waals surface area (Å²) in [6, 6.07) is 26.6. The molecule has 28 heavy (non-hydrogen) atoms. The second-order valence-electron chi connectivity index (χ2n) is 6.11. The average molecular weight is 406 g/mol. The van der Waals surface area contributed by atoms with Gasteiger partial charge in [-0.25, -0.2) is 4.98 Å². The van der Waals surface area contributed by atoms with Crippen molar-refractivity contribution in [2.24, 2.45) is 0 Å². The van der Waals surface area contributed by atoms with E-state index in [1.165, 1.54) is 11.8 Å². The number of thioether (sulfide) groups is 1. The summed E-state index contributed by atoms with van der Waals surface area (Å²) in [7, 11) is 0. The highest BCUT2D eigenvalue weighted by molar-refractivity contribution is 7.99. The van der Waals surface area contributed by atoms with E-state index in [1.807, 2.05) is 60.7 Å². The second kappa shape index (κ2) is 8.46. The summed E-state index contributed by atoms with van der Waals surface area (Å²) in [5.74, 6) is 0.945. The van der Waals surface area contributed by atoms with Crippen LogP contribution in [0.15, 0.2) is 94.6 Å². The van der Waals surface area contributed by atoms with Gasteiger partial charge in [-0.3, -0.25) is 4.79 Å². The van der Waals surface area contributed by atoms with E-state index < -0.39 is 0 Å². The van der Waals surface area contributed by atoms with E-state index in [0.717, 1.165) is 16.8 Å². The van der Waals surface area contributed by atoms with Crippen molar-refractivity contribution < 1.29 is 9.21 Å². The molecule has 0 aliphatic heterocycles. The molecule has 0 saturated heterocycles. The quantitative estimate of drug-likeness (QED) is 0.266. The number of carbonyl (C=O) groups is 1. The molecule has 0 amide bonds. The Balaban J connectivity index is 1.60. The van der Waals surface area contributed by atoms with E-state index in [0.29, 0.717) is 21.6 Å². The van der Waals surface area contributed by atoms with Crippen molar-refractivity contribution in [2.75, 3.05) is 5.75 Å². The summed E-state index contributed by atoms with van der Waals surface area (Å²) in [4.78, 5) is 17.1. The van der Waals surface area contributed by atoms with Crippen LogP contribution in [0.25, 0.3) is 22.6 Å². The van der Waals surface area contributed by atoms with E-state index in [1.54, 1.807) is 24.3 Å². The largest absolute Gasteiger partial charge is 0.431 e. The van der Waals surface area contributed by atoms with Crippen LogP contribution in [0.2, 0.25) is 5.02 Å². The first-order valence-electron chi connectivity index (χ1n) is 8.74. The van der Waals surface area contributed by atoms with Crippen LogP contribution in [0.5, 0.6) is 0 Å². The number of carbonyl (C=O) groups excluding carboxylic acids is 1. The van der Waals surface area contributed by atoms with Crippen LogP contribution in [0, 0.1) is 0 Å². The molecule has 4 rings (SSSR count). The second-order valence-corrected chi connectivity index (χ2v) is 7.47. The SMILES string of the molecule is O=C(CSc1nc(-c2ccccc2)c(-c2ccccc2)o1)c1ccc(Cl)cc1. The molecule has 0 saturated carbocycles. The Morgan fingerprint density at radius 3 is 2.11 bits per heavy atom. The van der Waals surface area contributed by atoms with Gasteiger partial charge in [-0.1, -0.05) is 84.0 Å². The average Bonchev–Trinajstić information content (AvgIpc) is 3.18. The third-order valence-electron chi connectivity index (χ3n) is 4.18. The third-order valence-corrected chi connectivity index (χ3v) is 5.26. The molecule has 1 aromatic heterocycles. The minimum atomic E-state index is 0.00221. The van der Waals surface area contributed by atoms with Crippen molar-refractivity contribution in [3.05, 3.63) is 95.5 Å². The molecule has 0 aliphatic carbocycles. The number of aromatic nitrogens is 1. The molecule has 0 radical (unpaired) electrons. The maximum Gasteiger partial charge on any atom is 0.257 e. The molecule has 0 fully saturated rings. The number of oxazole rings is 1. The first-order valence-corrected chi connectivity index (χ1v) is 10.1. The monoisotopic (exact) mass is 405 g/mol. The Hall–Kier alpha value is -2.82. The molecular formula is C23H16ClNO2S. The van der Waals surface area contributed by atoms with Crippen molar-refractivity contribution in [2.45, 2.75) is 5.22 Å². The van der Waals surface area contributed by atoms with Crippen LogP contribution >= 0.6 is 23.4 Å². The van der Waals surface area contributed by atoms with Gasteiger partial charge in [0, 0.05) is 21.7 Å². The van der Waals surface area contributed by atoms with Crippen LogP contribution in [-0.4, -0.2) is 16.5 Å². The van der Waals surface area contributed by atoms with Crippen LogP contribution in [0.3, 0.4) is 0 Å². The number of hydrogen-bond donors (Lipinski definition) is 0. The number of rotatable bonds is 6. The molecule has 0 atom stereocenters. The molecule has 0 unspecified atom stereocenters. The lowest BCUT2D eigenvalue weighted by atomic mass is 10.1. The zero-order valence-electron chi connectivity index (χ0n) is 14.8. The molecule has 5 heteroatoms. The standard InChI is InChI=1S/C23H16ClNO2S/c24-19-13-11-16(12-14-19)20(26)15-28-23-25-21(17-7-3-1-4-8-17)22(27-23)18-9-5-2-6-10-18/h1-14H,15H2. The minimum absolute atomic E-state index is 0.00221. The zero-order chi connectivity index (χ0) is 19.3. The highest BCUT2D eigenvalue weighted by atomic mass is 35.5. The predicted octanol–water partition coefficient (Wildman–Crippen LogP) is 6.64. The van der Waals surface area contributed by atoms with Crippen molar-refractivity contribution >= 4 is 29.1 Å². The van der Waals surface area contributed by atoms with Gasteiger partial charge in [-0.2, -0.15) is 0 Å². The van der Waals surface area contributed by atoms with Crippen LogP contribution in [-0.2, 0) is 0 Å². The summed E-state index contributed by atoms with van der Waals surface area (Å²) in [6.45, 7) is 0. The van der Waals surface area contributed by atoms with Crippen LogP contribution < -0.4 is 0 Å². The molecule has 0 N–H and O–H groups in total. The number of ketones is 1. The highest BCUT2D eigenvalue weighted by Crippen LogP contribution is 2.35.